The second kappa shape index (κ2) is 6.79. The fourth-order valence-corrected chi connectivity index (χ4v) is 2.39. The van der Waals surface area contributed by atoms with Gasteiger partial charge in [0.25, 0.3) is 0 Å². The van der Waals surface area contributed by atoms with Crippen molar-refractivity contribution in [2.45, 2.75) is 40.2 Å². The number of hydrogen-bond donors (Lipinski definition) is 0. The molecular formula is C12H21N3OS. The molecule has 1 rings (SSSR count). The maximum absolute atomic E-state index is 11.8. The summed E-state index contributed by atoms with van der Waals surface area (Å²) in [4.78, 5) is 15.9. The van der Waals surface area contributed by atoms with Gasteiger partial charge >= 0.3 is 0 Å². The van der Waals surface area contributed by atoms with Crippen molar-refractivity contribution in [2.75, 3.05) is 11.5 Å². The van der Waals surface area contributed by atoms with Gasteiger partial charge < -0.3 is 0 Å². The van der Waals surface area contributed by atoms with Crippen molar-refractivity contribution in [1.29, 1.82) is 0 Å². The average Bonchev–Trinajstić information content (AvgIpc) is 2.65. The molecule has 0 aromatic carbocycles. The van der Waals surface area contributed by atoms with Crippen molar-refractivity contribution in [2.24, 2.45) is 5.92 Å². The van der Waals surface area contributed by atoms with Gasteiger partial charge in [-0.3, -0.25) is 4.79 Å². The lowest BCUT2D eigenvalue weighted by molar-refractivity contribution is -0.116. The predicted octanol–water partition coefficient (Wildman–Crippen LogP) is 2.36. The molecule has 0 amide bonds. The quantitative estimate of drug-likeness (QED) is 0.750. The van der Waals surface area contributed by atoms with Crippen LogP contribution in [0.2, 0.25) is 0 Å². The zero-order valence-electron chi connectivity index (χ0n) is 11.0. The number of carbonyl (C=O) groups excluding carboxylic acids is 1. The molecule has 0 N–H and O–H groups in total. The molecule has 0 saturated carbocycles. The van der Waals surface area contributed by atoms with Crippen molar-refractivity contribution in [3.05, 3.63) is 12.2 Å². The molecule has 0 bridgehead atoms. The van der Waals surface area contributed by atoms with Crippen molar-refractivity contribution in [3.8, 4) is 0 Å². The number of rotatable bonds is 7. The van der Waals surface area contributed by atoms with Gasteiger partial charge in [0.05, 0.1) is 12.2 Å². The highest BCUT2D eigenvalue weighted by Crippen LogP contribution is 2.10. The third kappa shape index (κ3) is 4.89. The highest BCUT2D eigenvalue weighted by atomic mass is 32.2. The van der Waals surface area contributed by atoms with Gasteiger partial charge in [0.15, 0.2) is 0 Å². The van der Waals surface area contributed by atoms with E-state index in [-0.39, 0.29) is 11.8 Å². The van der Waals surface area contributed by atoms with Crippen molar-refractivity contribution in [1.82, 2.24) is 14.8 Å². The topological polar surface area (TPSA) is 47.8 Å². The standard InChI is InChI=1S/C12H21N3OS/c1-9(2)6-17-7-11(16)5-12-13-8-14-15(12)10(3)4/h8-10H,5-7H2,1-4H3. The van der Waals surface area contributed by atoms with Crippen LogP contribution in [0.3, 0.4) is 0 Å². The molecule has 0 unspecified atom stereocenters. The van der Waals surface area contributed by atoms with Crippen LogP contribution < -0.4 is 0 Å². The molecule has 0 spiro atoms. The Hall–Kier alpha value is -0.840. The van der Waals surface area contributed by atoms with Crippen LogP contribution in [-0.4, -0.2) is 32.1 Å². The van der Waals surface area contributed by atoms with Crippen LogP contribution in [0.4, 0.5) is 0 Å². The lowest BCUT2D eigenvalue weighted by Crippen LogP contribution is -2.14. The van der Waals surface area contributed by atoms with Gasteiger partial charge in [0.1, 0.15) is 17.9 Å². The normalized spacial score (nSPS) is 11.4. The first-order valence-corrected chi connectivity index (χ1v) is 7.14. The summed E-state index contributed by atoms with van der Waals surface area (Å²) in [5.74, 6) is 3.24. The highest BCUT2D eigenvalue weighted by molar-refractivity contribution is 7.99. The van der Waals surface area contributed by atoms with Crippen LogP contribution in [0.15, 0.2) is 6.33 Å². The maximum Gasteiger partial charge on any atom is 0.150 e. The van der Waals surface area contributed by atoms with Gasteiger partial charge in [0, 0.05) is 6.04 Å². The zero-order valence-corrected chi connectivity index (χ0v) is 11.8. The molecule has 1 aromatic rings. The first kappa shape index (κ1) is 14.2. The Bertz CT molecular complexity index is 360. The SMILES string of the molecule is CC(C)CSCC(=O)Cc1ncnn1C(C)C. The number of hydrogen-bond acceptors (Lipinski definition) is 4. The first-order chi connectivity index (χ1) is 8.00. The molecule has 0 atom stereocenters. The minimum Gasteiger partial charge on any atom is -0.298 e. The van der Waals surface area contributed by atoms with E-state index in [9.17, 15) is 4.79 Å². The predicted molar refractivity (Wildman–Crippen MR) is 71.3 cm³/mol. The van der Waals surface area contributed by atoms with E-state index in [1.807, 2.05) is 18.5 Å². The Labute approximate surface area is 107 Å². The average molecular weight is 255 g/mol. The maximum atomic E-state index is 11.8. The molecule has 0 aliphatic rings. The lowest BCUT2D eigenvalue weighted by atomic mass is 10.3. The van der Waals surface area contributed by atoms with Gasteiger partial charge in [0.2, 0.25) is 0 Å². The summed E-state index contributed by atoms with van der Waals surface area (Å²) in [7, 11) is 0. The van der Waals surface area contributed by atoms with E-state index in [0.717, 1.165) is 11.6 Å². The van der Waals surface area contributed by atoms with Crippen molar-refractivity contribution < 1.29 is 4.79 Å². The van der Waals surface area contributed by atoms with Crippen LogP contribution in [-0.2, 0) is 11.2 Å². The monoisotopic (exact) mass is 255 g/mol. The van der Waals surface area contributed by atoms with Crippen LogP contribution in [0.25, 0.3) is 0 Å². The number of thioether (sulfide) groups is 1. The summed E-state index contributed by atoms with van der Waals surface area (Å²) in [5.41, 5.74) is 0. The molecule has 4 nitrogen and oxygen atoms in total. The van der Waals surface area contributed by atoms with Crippen molar-refractivity contribution in [3.63, 3.8) is 0 Å². The minimum atomic E-state index is 0.227. The van der Waals surface area contributed by atoms with Gasteiger partial charge in [-0.05, 0) is 25.5 Å². The minimum absolute atomic E-state index is 0.227. The van der Waals surface area contributed by atoms with Gasteiger partial charge in [-0.25, -0.2) is 9.67 Å². The number of aromatic nitrogens is 3. The van der Waals surface area contributed by atoms with E-state index in [0.29, 0.717) is 18.1 Å². The van der Waals surface area contributed by atoms with Gasteiger partial charge in [-0.15, -0.1) is 0 Å². The summed E-state index contributed by atoms with van der Waals surface area (Å²) in [6.45, 7) is 8.39. The van der Waals surface area contributed by atoms with Crippen LogP contribution in [0.1, 0.15) is 39.6 Å². The highest BCUT2D eigenvalue weighted by Gasteiger charge is 2.12. The second-order valence-corrected chi connectivity index (χ2v) is 5.87. The molecule has 0 aliphatic carbocycles. The Morgan fingerprint density at radius 2 is 2.12 bits per heavy atom. The molecule has 0 saturated heterocycles. The molecule has 0 radical (unpaired) electrons. The Balaban J connectivity index is 2.42. The fraction of sp³-hybridized carbons (Fsp3) is 0.750. The zero-order chi connectivity index (χ0) is 12.8. The van der Waals surface area contributed by atoms with Crippen molar-refractivity contribution >= 4 is 17.5 Å². The van der Waals surface area contributed by atoms with Crippen LogP contribution in [0, 0.1) is 5.92 Å². The fourth-order valence-electron chi connectivity index (χ4n) is 1.47. The number of Topliss-reactive ketones (excluding diaryl/α,β-unsaturated/α-hetero) is 1. The molecule has 5 heteroatoms. The third-order valence-corrected chi connectivity index (χ3v) is 3.63. The summed E-state index contributed by atoms with van der Waals surface area (Å²) < 4.78 is 1.81. The van der Waals surface area contributed by atoms with E-state index >= 15 is 0 Å². The second-order valence-electron chi connectivity index (χ2n) is 4.84. The largest absolute Gasteiger partial charge is 0.298 e. The van der Waals surface area contributed by atoms with Gasteiger partial charge in [-0.1, -0.05) is 13.8 Å². The molecule has 0 fully saturated rings. The van der Waals surface area contributed by atoms with Gasteiger partial charge in [-0.2, -0.15) is 16.9 Å². The Morgan fingerprint density at radius 3 is 2.71 bits per heavy atom. The molecular weight excluding hydrogens is 234 g/mol. The van der Waals surface area contributed by atoms with E-state index < -0.39 is 0 Å². The molecule has 1 heterocycles. The summed E-state index contributed by atoms with van der Waals surface area (Å²) in [6, 6.07) is 0.253. The van der Waals surface area contributed by atoms with E-state index in [4.69, 9.17) is 0 Å². The summed E-state index contributed by atoms with van der Waals surface area (Å²) >= 11 is 1.70. The molecule has 96 valence electrons. The molecule has 0 aliphatic heterocycles. The number of ketones is 1. The summed E-state index contributed by atoms with van der Waals surface area (Å²) in [6.07, 6.45) is 1.91. The number of nitrogens with zero attached hydrogens (tertiary/aromatic N) is 3. The van der Waals surface area contributed by atoms with E-state index in [1.54, 1.807) is 11.8 Å². The molecule has 17 heavy (non-hydrogen) atoms. The Morgan fingerprint density at radius 1 is 1.41 bits per heavy atom. The number of carbonyl (C=O) groups is 1. The Kier molecular flexibility index (Phi) is 5.68. The lowest BCUT2D eigenvalue weighted by Gasteiger charge is -2.08. The third-order valence-electron chi connectivity index (χ3n) is 2.21. The van der Waals surface area contributed by atoms with E-state index in [2.05, 4.69) is 23.9 Å². The van der Waals surface area contributed by atoms with Crippen LogP contribution >= 0.6 is 11.8 Å². The molecule has 1 aromatic heterocycles. The van der Waals surface area contributed by atoms with E-state index in [1.165, 1.54) is 6.33 Å². The smallest absolute Gasteiger partial charge is 0.150 e. The van der Waals surface area contributed by atoms with Crippen LogP contribution in [0.5, 0.6) is 0 Å². The summed E-state index contributed by atoms with van der Waals surface area (Å²) in [5, 5.41) is 4.12. The first-order valence-electron chi connectivity index (χ1n) is 5.98.